The molecular weight excluding hydrogens is 212 g/mol. The molecule has 2 N–H and O–H groups in total. The first kappa shape index (κ1) is 10.1. The molecule has 1 atom stereocenters. The Hall–Kier alpha value is -1.42. The fourth-order valence-corrected chi connectivity index (χ4v) is 2.71. The quantitative estimate of drug-likeness (QED) is 0.806. The first-order valence-corrected chi connectivity index (χ1v) is 5.53. The van der Waals surface area contributed by atoms with E-state index >= 15 is 0 Å². The van der Waals surface area contributed by atoms with E-state index in [1.807, 2.05) is 30.3 Å². The topological polar surface area (TPSA) is 57.5 Å². The van der Waals surface area contributed by atoms with Crippen molar-refractivity contribution in [2.45, 2.75) is 0 Å². The Morgan fingerprint density at radius 2 is 2.00 bits per heavy atom. The van der Waals surface area contributed by atoms with E-state index in [1.165, 1.54) is 11.8 Å². The average molecular weight is 222 g/mol. The van der Waals surface area contributed by atoms with Gasteiger partial charge in [0.2, 0.25) is 0 Å². The van der Waals surface area contributed by atoms with E-state index in [2.05, 4.69) is 0 Å². The molecule has 1 heterocycles. The molecule has 0 radical (unpaired) electrons. The van der Waals surface area contributed by atoms with Crippen molar-refractivity contribution >= 4 is 22.6 Å². The summed E-state index contributed by atoms with van der Waals surface area (Å²) in [5.74, 6) is -1.33. The van der Waals surface area contributed by atoms with Gasteiger partial charge in [-0.05, 0) is 5.56 Å². The highest BCUT2D eigenvalue weighted by Gasteiger charge is 2.32. The second-order valence-electron chi connectivity index (χ2n) is 3.28. The first-order valence-electron chi connectivity index (χ1n) is 4.54. The van der Waals surface area contributed by atoms with Gasteiger partial charge >= 0.3 is 5.97 Å². The molecule has 0 amide bonds. The number of aliphatic hydroxyl groups is 1. The average Bonchev–Trinajstić information content (AvgIpc) is 2.61. The lowest BCUT2D eigenvalue weighted by molar-refractivity contribution is -0.140. The standard InChI is InChI=1S/C11H10O3S/c12-9-8(11(13)14)6-15-10(9)7-4-2-1-3-5-7/h1-5,8,12H,6H2,(H,13,14). The lowest BCUT2D eigenvalue weighted by Gasteiger charge is -2.03. The summed E-state index contributed by atoms with van der Waals surface area (Å²) in [6, 6.07) is 9.34. The molecule has 4 heteroatoms. The van der Waals surface area contributed by atoms with Gasteiger partial charge in [-0.1, -0.05) is 30.3 Å². The molecule has 1 aromatic rings. The van der Waals surface area contributed by atoms with Crippen LogP contribution < -0.4 is 0 Å². The highest BCUT2D eigenvalue weighted by Crippen LogP contribution is 2.41. The number of carboxylic acids is 1. The fourth-order valence-electron chi connectivity index (χ4n) is 1.49. The van der Waals surface area contributed by atoms with E-state index < -0.39 is 11.9 Å². The van der Waals surface area contributed by atoms with Crippen molar-refractivity contribution in [2.75, 3.05) is 5.75 Å². The Balaban J connectivity index is 2.35. The minimum Gasteiger partial charge on any atom is -0.510 e. The minimum atomic E-state index is -0.967. The van der Waals surface area contributed by atoms with Gasteiger partial charge < -0.3 is 10.2 Å². The van der Waals surface area contributed by atoms with Crippen LogP contribution >= 0.6 is 11.8 Å². The third-order valence-electron chi connectivity index (χ3n) is 2.29. The largest absolute Gasteiger partial charge is 0.510 e. The molecule has 3 nitrogen and oxygen atoms in total. The van der Waals surface area contributed by atoms with E-state index in [9.17, 15) is 9.90 Å². The van der Waals surface area contributed by atoms with E-state index in [1.54, 1.807) is 0 Å². The Bertz CT molecular complexity index is 411. The summed E-state index contributed by atoms with van der Waals surface area (Å²) in [6.45, 7) is 0. The van der Waals surface area contributed by atoms with E-state index in [0.717, 1.165) is 5.56 Å². The number of carbonyl (C=O) groups is 1. The molecule has 0 saturated heterocycles. The van der Waals surface area contributed by atoms with E-state index in [0.29, 0.717) is 10.7 Å². The van der Waals surface area contributed by atoms with Gasteiger partial charge in [0.15, 0.2) is 0 Å². The van der Waals surface area contributed by atoms with Gasteiger partial charge in [0.05, 0.1) is 4.91 Å². The van der Waals surface area contributed by atoms with Crippen molar-refractivity contribution in [3.63, 3.8) is 0 Å². The monoisotopic (exact) mass is 222 g/mol. The third-order valence-corrected chi connectivity index (χ3v) is 3.52. The number of rotatable bonds is 2. The van der Waals surface area contributed by atoms with Gasteiger partial charge in [0, 0.05) is 5.75 Å². The van der Waals surface area contributed by atoms with Crippen LogP contribution in [0.25, 0.3) is 4.91 Å². The summed E-state index contributed by atoms with van der Waals surface area (Å²) in [6.07, 6.45) is 0. The fraction of sp³-hybridized carbons (Fsp3) is 0.182. The van der Waals surface area contributed by atoms with Crippen molar-refractivity contribution in [3.05, 3.63) is 41.7 Å². The molecule has 1 aliphatic heterocycles. The molecule has 1 aromatic carbocycles. The zero-order valence-electron chi connectivity index (χ0n) is 7.88. The third kappa shape index (κ3) is 1.85. The van der Waals surface area contributed by atoms with Gasteiger partial charge in [0.1, 0.15) is 11.7 Å². The zero-order valence-corrected chi connectivity index (χ0v) is 8.70. The van der Waals surface area contributed by atoms with Gasteiger partial charge in [-0.3, -0.25) is 4.79 Å². The Labute approximate surface area is 91.4 Å². The highest BCUT2D eigenvalue weighted by molar-refractivity contribution is 8.08. The summed E-state index contributed by atoms with van der Waals surface area (Å²) in [5.41, 5.74) is 0.878. The predicted octanol–water partition coefficient (Wildman–Crippen LogP) is 2.36. The van der Waals surface area contributed by atoms with Gasteiger partial charge in [-0.2, -0.15) is 0 Å². The van der Waals surface area contributed by atoms with Crippen LogP contribution in [0, 0.1) is 5.92 Å². The highest BCUT2D eigenvalue weighted by atomic mass is 32.2. The molecule has 0 bridgehead atoms. The number of hydrogen-bond donors (Lipinski definition) is 2. The van der Waals surface area contributed by atoms with Crippen molar-refractivity contribution in [1.82, 2.24) is 0 Å². The lowest BCUT2D eigenvalue weighted by atomic mass is 10.1. The second kappa shape index (κ2) is 3.98. The number of hydrogen-bond acceptors (Lipinski definition) is 3. The Morgan fingerprint density at radius 1 is 1.33 bits per heavy atom. The van der Waals surface area contributed by atoms with Gasteiger partial charge in [-0.25, -0.2) is 0 Å². The van der Waals surface area contributed by atoms with Crippen LogP contribution in [-0.4, -0.2) is 21.9 Å². The molecule has 0 saturated carbocycles. The lowest BCUT2D eigenvalue weighted by Crippen LogP contribution is -2.15. The van der Waals surface area contributed by atoms with Crippen LogP contribution in [-0.2, 0) is 4.79 Å². The number of aliphatic hydroxyl groups excluding tert-OH is 1. The molecule has 78 valence electrons. The molecular formula is C11H10O3S. The van der Waals surface area contributed by atoms with Crippen LogP contribution in [0.4, 0.5) is 0 Å². The van der Waals surface area contributed by atoms with E-state index in [-0.39, 0.29) is 5.76 Å². The first-order chi connectivity index (χ1) is 7.20. The van der Waals surface area contributed by atoms with Crippen LogP contribution in [0.3, 0.4) is 0 Å². The number of aliphatic carboxylic acids is 1. The van der Waals surface area contributed by atoms with Crippen molar-refractivity contribution in [1.29, 1.82) is 0 Å². The van der Waals surface area contributed by atoms with Crippen LogP contribution in [0.15, 0.2) is 36.1 Å². The smallest absolute Gasteiger partial charge is 0.315 e. The summed E-state index contributed by atoms with van der Waals surface area (Å²) in [7, 11) is 0. The predicted molar refractivity (Wildman–Crippen MR) is 59.6 cm³/mol. The van der Waals surface area contributed by atoms with Crippen LogP contribution in [0.2, 0.25) is 0 Å². The normalized spacial score (nSPS) is 20.7. The molecule has 0 fully saturated rings. The maximum atomic E-state index is 10.8. The number of carboxylic acid groups (broad SMARTS) is 1. The molecule has 1 aliphatic rings. The minimum absolute atomic E-state index is 0.0151. The zero-order chi connectivity index (χ0) is 10.8. The van der Waals surface area contributed by atoms with E-state index in [4.69, 9.17) is 5.11 Å². The van der Waals surface area contributed by atoms with Crippen molar-refractivity contribution < 1.29 is 15.0 Å². The van der Waals surface area contributed by atoms with Crippen molar-refractivity contribution in [2.24, 2.45) is 5.92 Å². The number of thioether (sulfide) groups is 1. The van der Waals surface area contributed by atoms with Gasteiger partial charge in [-0.15, -0.1) is 11.8 Å². The van der Waals surface area contributed by atoms with Gasteiger partial charge in [0.25, 0.3) is 0 Å². The molecule has 0 aromatic heterocycles. The number of benzene rings is 1. The Kier molecular flexibility index (Phi) is 2.68. The molecule has 1 unspecified atom stereocenters. The van der Waals surface area contributed by atoms with Crippen LogP contribution in [0.5, 0.6) is 0 Å². The second-order valence-corrected chi connectivity index (χ2v) is 4.31. The summed E-state index contributed by atoms with van der Waals surface area (Å²) >= 11 is 1.39. The molecule has 15 heavy (non-hydrogen) atoms. The molecule has 0 spiro atoms. The summed E-state index contributed by atoms with van der Waals surface area (Å²) in [4.78, 5) is 11.5. The Morgan fingerprint density at radius 3 is 2.53 bits per heavy atom. The van der Waals surface area contributed by atoms with Crippen LogP contribution in [0.1, 0.15) is 5.56 Å². The SMILES string of the molecule is O=C(O)C1CSC(c2ccccc2)=C1O. The molecule has 0 aliphatic carbocycles. The maximum absolute atomic E-state index is 10.8. The maximum Gasteiger partial charge on any atom is 0.315 e. The summed E-state index contributed by atoms with van der Waals surface area (Å²) in [5, 5.41) is 18.6. The molecule has 2 rings (SSSR count). The summed E-state index contributed by atoms with van der Waals surface area (Å²) < 4.78 is 0. The van der Waals surface area contributed by atoms with Crippen molar-refractivity contribution in [3.8, 4) is 0 Å².